The van der Waals surface area contributed by atoms with E-state index in [9.17, 15) is 9.90 Å². The first-order valence-corrected chi connectivity index (χ1v) is 8.03. The summed E-state index contributed by atoms with van der Waals surface area (Å²) in [6.07, 6.45) is 4.19. The average Bonchev–Trinajstić information content (AvgIpc) is 2.41. The molecule has 20 heavy (non-hydrogen) atoms. The lowest BCUT2D eigenvalue weighted by Crippen LogP contribution is -2.44. The van der Waals surface area contributed by atoms with Gasteiger partial charge in [0.05, 0.1) is 12.7 Å². The van der Waals surface area contributed by atoms with Gasteiger partial charge in [0.15, 0.2) is 0 Å². The van der Waals surface area contributed by atoms with Gasteiger partial charge in [0.2, 0.25) is 0 Å². The van der Waals surface area contributed by atoms with E-state index in [-0.39, 0.29) is 11.7 Å². The van der Waals surface area contributed by atoms with Crippen molar-refractivity contribution < 1.29 is 14.6 Å². The summed E-state index contributed by atoms with van der Waals surface area (Å²) in [7, 11) is 1.55. The van der Waals surface area contributed by atoms with Gasteiger partial charge in [0.1, 0.15) is 11.5 Å². The van der Waals surface area contributed by atoms with Crippen LogP contribution in [0.15, 0.2) is 18.2 Å². The van der Waals surface area contributed by atoms with Crippen molar-refractivity contribution in [2.75, 3.05) is 19.0 Å². The first-order valence-electron chi connectivity index (χ1n) is 6.91. The summed E-state index contributed by atoms with van der Waals surface area (Å²) >= 11 is 3.40. The van der Waals surface area contributed by atoms with E-state index in [2.05, 4.69) is 15.9 Å². The third-order valence-corrected chi connectivity index (χ3v) is 4.30. The highest BCUT2D eigenvalue weighted by molar-refractivity contribution is 9.09. The molecule has 1 aromatic rings. The second-order valence-corrected chi connectivity index (χ2v) is 5.80. The van der Waals surface area contributed by atoms with Crippen molar-refractivity contribution in [1.29, 1.82) is 0 Å². The molecule has 1 fully saturated rings. The van der Waals surface area contributed by atoms with Crippen LogP contribution < -0.4 is 4.74 Å². The molecule has 1 aliphatic rings. The number of methoxy groups -OCH3 is 1. The second-order valence-electron chi connectivity index (χ2n) is 5.01. The van der Waals surface area contributed by atoms with Crippen LogP contribution in [0.5, 0.6) is 11.5 Å². The molecule has 0 radical (unpaired) electrons. The van der Waals surface area contributed by atoms with E-state index in [1.54, 1.807) is 19.2 Å². The lowest BCUT2D eigenvalue weighted by Gasteiger charge is -2.37. The lowest BCUT2D eigenvalue weighted by molar-refractivity contribution is 0.0578. The normalized spacial score (nSPS) is 14.7. The zero-order chi connectivity index (χ0) is 14.5. The van der Waals surface area contributed by atoms with Crippen molar-refractivity contribution in [1.82, 2.24) is 4.90 Å². The predicted molar refractivity (Wildman–Crippen MR) is 81.7 cm³/mol. The van der Waals surface area contributed by atoms with E-state index >= 15 is 0 Å². The number of benzene rings is 1. The Kier molecular flexibility index (Phi) is 5.29. The summed E-state index contributed by atoms with van der Waals surface area (Å²) in [5.41, 5.74) is 0.325. The van der Waals surface area contributed by atoms with Crippen LogP contribution in [-0.4, -0.2) is 40.9 Å². The number of aromatic hydroxyl groups is 1. The zero-order valence-electron chi connectivity index (χ0n) is 11.6. The highest BCUT2D eigenvalue weighted by Crippen LogP contribution is 2.30. The van der Waals surface area contributed by atoms with Gasteiger partial charge in [-0.3, -0.25) is 4.79 Å². The van der Waals surface area contributed by atoms with Crippen LogP contribution in [0.25, 0.3) is 0 Å². The van der Waals surface area contributed by atoms with Gasteiger partial charge in [-0.1, -0.05) is 15.9 Å². The Bertz CT molecular complexity index is 474. The van der Waals surface area contributed by atoms with Crippen LogP contribution in [0.1, 0.15) is 36.0 Å². The van der Waals surface area contributed by atoms with Gasteiger partial charge in [0.25, 0.3) is 5.91 Å². The van der Waals surface area contributed by atoms with Crippen molar-refractivity contribution in [2.45, 2.75) is 31.7 Å². The number of carbonyl (C=O) groups excluding carboxylic acids is 1. The maximum atomic E-state index is 12.7. The lowest BCUT2D eigenvalue weighted by atomic mass is 9.90. The summed E-state index contributed by atoms with van der Waals surface area (Å²) in [6, 6.07) is 5.08. The molecule has 0 spiro atoms. The number of phenolic OH excluding ortho intramolecular Hbond substituents is 1. The van der Waals surface area contributed by atoms with E-state index in [1.807, 2.05) is 4.90 Å². The summed E-state index contributed by atoms with van der Waals surface area (Å²) in [5, 5.41) is 10.8. The van der Waals surface area contributed by atoms with E-state index in [4.69, 9.17) is 4.74 Å². The molecule has 1 aliphatic carbocycles. The molecule has 5 heteroatoms. The van der Waals surface area contributed by atoms with Gasteiger partial charge in [-0.05, 0) is 43.9 Å². The number of hydrogen-bond donors (Lipinski definition) is 1. The van der Waals surface area contributed by atoms with Crippen LogP contribution in [0, 0.1) is 0 Å². The van der Waals surface area contributed by atoms with Crippen molar-refractivity contribution in [2.24, 2.45) is 0 Å². The molecule has 4 nitrogen and oxygen atoms in total. The number of amides is 1. The molecule has 110 valence electrons. The molecule has 1 saturated carbocycles. The number of hydrogen-bond acceptors (Lipinski definition) is 3. The quantitative estimate of drug-likeness (QED) is 0.808. The van der Waals surface area contributed by atoms with E-state index in [0.29, 0.717) is 23.9 Å². The molecule has 2 rings (SSSR count). The highest BCUT2D eigenvalue weighted by atomic mass is 79.9. The SMILES string of the molecule is COc1ccc(O)c(C(=O)N(CCCBr)C2CCC2)c1. The maximum Gasteiger partial charge on any atom is 0.257 e. The van der Waals surface area contributed by atoms with Crippen LogP contribution in [-0.2, 0) is 0 Å². The van der Waals surface area contributed by atoms with Crippen molar-refractivity contribution in [3.63, 3.8) is 0 Å². The minimum absolute atomic E-state index is 0.0129. The van der Waals surface area contributed by atoms with Gasteiger partial charge in [-0.15, -0.1) is 0 Å². The van der Waals surface area contributed by atoms with Crippen LogP contribution >= 0.6 is 15.9 Å². The largest absolute Gasteiger partial charge is 0.507 e. The molecule has 0 atom stereocenters. The number of alkyl halides is 1. The number of nitrogens with zero attached hydrogens (tertiary/aromatic N) is 1. The van der Waals surface area contributed by atoms with Crippen molar-refractivity contribution in [3.8, 4) is 11.5 Å². The van der Waals surface area contributed by atoms with E-state index in [0.717, 1.165) is 24.6 Å². The number of rotatable bonds is 6. The Morgan fingerprint density at radius 2 is 2.25 bits per heavy atom. The smallest absolute Gasteiger partial charge is 0.257 e. The predicted octanol–water partition coefficient (Wildman–Crippen LogP) is 3.18. The third-order valence-electron chi connectivity index (χ3n) is 3.74. The molecule has 0 aromatic heterocycles. The molecule has 0 heterocycles. The van der Waals surface area contributed by atoms with Gasteiger partial charge in [0, 0.05) is 17.9 Å². The van der Waals surface area contributed by atoms with Gasteiger partial charge >= 0.3 is 0 Å². The average molecular weight is 342 g/mol. The number of halogens is 1. The number of carbonyl (C=O) groups is 1. The first-order chi connectivity index (χ1) is 9.67. The Morgan fingerprint density at radius 1 is 1.50 bits per heavy atom. The zero-order valence-corrected chi connectivity index (χ0v) is 13.2. The van der Waals surface area contributed by atoms with Crippen LogP contribution in [0.4, 0.5) is 0 Å². The number of ether oxygens (including phenoxy) is 1. The molecule has 0 aliphatic heterocycles. The Morgan fingerprint density at radius 3 is 2.80 bits per heavy atom. The maximum absolute atomic E-state index is 12.7. The Balaban J connectivity index is 2.21. The molecule has 0 bridgehead atoms. The minimum atomic E-state index is -0.105. The fraction of sp³-hybridized carbons (Fsp3) is 0.533. The summed E-state index contributed by atoms with van der Waals surface area (Å²) in [5.74, 6) is 0.492. The van der Waals surface area contributed by atoms with Crippen LogP contribution in [0.2, 0.25) is 0 Å². The molecule has 0 saturated heterocycles. The fourth-order valence-electron chi connectivity index (χ4n) is 2.35. The van der Waals surface area contributed by atoms with Gasteiger partial charge in [-0.25, -0.2) is 0 Å². The van der Waals surface area contributed by atoms with E-state index < -0.39 is 0 Å². The standard InChI is InChI=1S/C15H20BrNO3/c1-20-12-6-7-14(18)13(10-12)15(19)17(9-3-8-16)11-4-2-5-11/h6-7,10-11,18H,2-5,8-9H2,1H3. The third kappa shape index (κ3) is 3.26. The number of phenols is 1. The van der Waals surface area contributed by atoms with E-state index in [1.165, 1.54) is 12.5 Å². The van der Waals surface area contributed by atoms with Gasteiger partial charge in [-0.2, -0.15) is 0 Å². The molecule has 0 unspecified atom stereocenters. The summed E-state index contributed by atoms with van der Waals surface area (Å²) in [6.45, 7) is 0.714. The minimum Gasteiger partial charge on any atom is -0.507 e. The van der Waals surface area contributed by atoms with Crippen LogP contribution in [0.3, 0.4) is 0 Å². The second kappa shape index (κ2) is 6.97. The van der Waals surface area contributed by atoms with Gasteiger partial charge < -0.3 is 14.7 Å². The molecule has 1 amide bonds. The topological polar surface area (TPSA) is 49.8 Å². The van der Waals surface area contributed by atoms with Crippen molar-refractivity contribution in [3.05, 3.63) is 23.8 Å². The first kappa shape index (κ1) is 15.2. The highest BCUT2D eigenvalue weighted by Gasteiger charge is 2.30. The molecular weight excluding hydrogens is 322 g/mol. The molecule has 1 N–H and O–H groups in total. The Labute approximate surface area is 127 Å². The molecule has 1 aromatic carbocycles. The monoisotopic (exact) mass is 341 g/mol. The fourth-order valence-corrected chi connectivity index (χ4v) is 2.60. The van der Waals surface area contributed by atoms with Crippen molar-refractivity contribution >= 4 is 21.8 Å². The molecular formula is C15H20BrNO3. The summed E-state index contributed by atoms with van der Waals surface area (Å²) in [4.78, 5) is 14.6. The summed E-state index contributed by atoms with van der Waals surface area (Å²) < 4.78 is 5.13. The Hall–Kier alpha value is -1.23.